The Balaban J connectivity index is 2.95. The molecule has 0 aliphatic carbocycles. The molecule has 0 atom stereocenters. The van der Waals surface area contributed by atoms with Crippen LogP contribution in [0.4, 0.5) is 0 Å². The van der Waals surface area contributed by atoms with Gasteiger partial charge in [-0.15, -0.1) is 0 Å². The maximum atomic E-state index is 9.24. The average molecular weight is 247 g/mol. The molecule has 0 fully saturated rings. The summed E-state index contributed by atoms with van der Waals surface area (Å²) in [4.78, 5) is 0. The molecule has 0 aliphatic heterocycles. The molecular formula is C9H11BrO3. The first-order valence-corrected chi connectivity index (χ1v) is 4.52. The first-order valence-electron chi connectivity index (χ1n) is 3.73. The normalized spacial score (nSPS) is 10.8. The van der Waals surface area contributed by atoms with Crippen LogP contribution in [0.5, 0.6) is 5.75 Å². The van der Waals surface area contributed by atoms with Crippen LogP contribution in [-0.4, -0.2) is 19.3 Å². The van der Waals surface area contributed by atoms with E-state index in [4.69, 9.17) is 9.47 Å². The van der Waals surface area contributed by atoms with Crippen molar-refractivity contribution < 1.29 is 14.6 Å². The fourth-order valence-electron chi connectivity index (χ4n) is 1.04. The molecule has 0 saturated carbocycles. The van der Waals surface area contributed by atoms with E-state index in [1.54, 1.807) is 32.4 Å². The molecule has 0 bridgehead atoms. The van der Waals surface area contributed by atoms with E-state index in [2.05, 4.69) is 15.9 Å². The van der Waals surface area contributed by atoms with E-state index in [0.717, 1.165) is 5.56 Å². The van der Waals surface area contributed by atoms with Gasteiger partial charge in [-0.2, -0.15) is 0 Å². The number of halogens is 1. The van der Waals surface area contributed by atoms with Gasteiger partial charge in [0.25, 0.3) is 0 Å². The first kappa shape index (κ1) is 10.5. The second-order valence-electron chi connectivity index (χ2n) is 2.51. The number of aromatic hydroxyl groups is 1. The van der Waals surface area contributed by atoms with Crippen LogP contribution in [0.3, 0.4) is 0 Å². The van der Waals surface area contributed by atoms with Crippen LogP contribution in [0.15, 0.2) is 22.7 Å². The lowest BCUT2D eigenvalue weighted by atomic mass is 10.2. The van der Waals surface area contributed by atoms with Crippen molar-refractivity contribution in [2.75, 3.05) is 14.2 Å². The summed E-state index contributed by atoms with van der Waals surface area (Å²) in [5.41, 5.74) is 0.856. The monoisotopic (exact) mass is 246 g/mol. The molecule has 1 rings (SSSR count). The largest absolute Gasteiger partial charge is 0.507 e. The van der Waals surface area contributed by atoms with Gasteiger partial charge in [0.05, 0.1) is 4.47 Å². The molecule has 0 radical (unpaired) electrons. The number of hydrogen-bond acceptors (Lipinski definition) is 3. The van der Waals surface area contributed by atoms with Gasteiger partial charge >= 0.3 is 0 Å². The second kappa shape index (κ2) is 4.60. The van der Waals surface area contributed by atoms with Gasteiger partial charge in [-0.1, -0.05) is 6.07 Å². The molecule has 72 valence electrons. The number of phenolic OH excluding ortho intramolecular Hbond substituents is 1. The Morgan fingerprint density at radius 2 is 1.92 bits per heavy atom. The Hall–Kier alpha value is -0.580. The summed E-state index contributed by atoms with van der Waals surface area (Å²) >= 11 is 3.21. The molecule has 1 aromatic carbocycles. The van der Waals surface area contributed by atoms with E-state index < -0.39 is 6.29 Å². The lowest BCUT2D eigenvalue weighted by Crippen LogP contribution is -2.03. The summed E-state index contributed by atoms with van der Waals surface area (Å²) in [7, 11) is 3.13. The van der Waals surface area contributed by atoms with Gasteiger partial charge in [0.15, 0.2) is 6.29 Å². The van der Waals surface area contributed by atoms with Crippen molar-refractivity contribution in [1.29, 1.82) is 0 Å². The summed E-state index contributed by atoms with van der Waals surface area (Å²) in [6.07, 6.45) is -0.392. The number of ether oxygens (including phenoxy) is 2. The maximum Gasteiger partial charge on any atom is 0.183 e. The molecule has 1 N–H and O–H groups in total. The van der Waals surface area contributed by atoms with Gasteiger partial charge in [-0.05, 0) is 28.1 Å². The summed E-state index contributed by atoms with van der Waals surface area (Å²) in [5.74, 6) is 0.203. The van der Waals surface area contributed by atoms with Crippen LogP contribution >= 0.6 is 15.9 Å². The summed E-state index contributed by atoms with van der Waals surface area (Å²) < 4.78 is 10.7. The Labute approximate surface area is 85.4 Å². The van der Waals surface area contributed by atoms with E-state index in [1.807, 2.05) is 0 Å². The SMILES string of the molecule is COC(OC)c1ccc(O)c(Br)c1. The van der Waals surface area contributed by atoms with Crippen LogP contribution < -0.4 is 0 Å². The number of hydrogen-bond donors (Lipinski definition) is 1. The molecule has 0 heterocycles. The fraction of sp³-hybridized carbons (Fsp3) is 0.333. The minimum Gasteiger partial charge on any atom is -0.507 e. The zero-order chi connectivity index (χ0) is 9.84. The van der Waals surface area contributed by atoms with Crippen LogP contribution in [-0.2, 0) is 9.47 Å². The minimum absolute atomic E-state index is 0.203. The maximum absolute atomic E-state index is 9.24. The summed E-state index contributed by atoms with van der Waals surface area (Å²) in [5, 5.41) is 9.24. The summed E-state index contributed by atoms with van der Waals surface area (Å²) in [6, 6.07) is 5.09. The highest BCUT2D eigenvalue weighted by molar-refractivity contribution is 9.10. The molecule has 0 aromatic heterocycles. The quantitative estimate of drug-likeness (QED) is 0.833. The number of rotatable bonds is 3. The molecule has 13 heavy (non-hydrogen) atoms. The smallest absolute Gasteiger partial charge is 0.183 e. The molecule has 0 spiro atoms. The predicted molar refractivity (Wildman–Crippen MR) is 52.6 cm³/mol. The van der Waals surface area contributed by atoms with Gasteiger partial charge in [-0.25, -0.2) is 0 Å². The van der Waals surface area contributed by atoms with Crippen LogP contribution in [0.2, 0.25) is 0 Å². The Bertz CT molecular complexity index is 284. The fourth-order valence-corrected chi connectivity index (χ4v) is 1.43. The molecule has 0 aliphatic rings. The molecule has 1 aromatic rings. The zero-order valence-electron chi connectivity index (χ0n) is 7.45. The van der Waals surface area contributed by atoms with Crippen LogP contribution in [0.25, 0.3) is 0 Å². The van der Waals surface area contributed by atoms with Crippen molar-refractivity contribution >= 4 is 15.9 Å². The molecule has 4 heteroatoms. The molecular weight excluding hydrogens is 236 g/mol. The summed E-state index contributed by atoms with van der Waals surface area (Å²) in [6.45, 7) is 0. The van der Waals surface area contributed by atoms with Crippen molar-refractivity contribution in [3.05, 3.63) is 28.2 Å². The third-order valence-corrected chi connectivity index (χ3v) is 2.31. The third-order valence-electron chi connectivity index (χ3n) is 1.67. The number of phenols is 1. The highest BCUT2D eigenvalue weighted by Crippen LogP contribution is 2.28. The molecule has 3 nitrogen and oxygen atoms in total. The van der Waals surface area contributed by atoms with Crippen molar-refractivity contribution in [2.45, 2.75) is 6.29 Å². The topological polar surface area (TPSA) is 38.7 Å². The van der Waals surface area contributed by atoms with E-state index in [0.29, 0.717) is 4.47 Å². The van der Waals surface area contributed by atoms with Crippen molar-refractivity contribution in [3.63, 3.8) is 0 Å². The molecule has 0 amide bonds. The average Bonchev–Trinajstić information content (AvgIpc) is 2.13. The van der Waals surface area contributed by atoms with Crippen LogP contribution in [0, 0.1) is 0 Å². The van der Waals surface area contributed by atoms with E-state index >= 15 is 0 Å². The van der Waals surface area contributed by atoms with Crippen molar-refractivity contribution in [3.8, 4) is 5.75 Å². The predicted octanol–water partition coefficient (Wildman–Crippen LogP) is 2.45. The van der Waals surface area contributed by atoms with Gasteiger partial charge in [-0.3, -0.25) is 0 Å². The van der Waals surface area contributed by atoms with Gasteiger partial charge in [0.2, 0.25) is 0 Å². The molecule has 0 unspecified atom stereocenters. The first-order chi connectivity index (χ1) is 6.19. The highest BCUT2D eigenvalue weighted by Gasteiger charge is 2.09. The lowest BCUT2D eigenvalue weighted by molar-refractivity contribution is -0.106. The Morgan fingerprint density at radius 1 is 1.31 bits per heavy atom. The van der Waals surface area contributed by atoms with Crippen LogP contribution in [0.1, 0.15) is 11.9 Å². The Kier molecular flexibility index (Phi) is 3.71. The van der Waals surface area contributed by atoms with Crippen molar-refractivity contribution in [1.82, 2.24) is 0 Å². The number of methoxy groups -OCH3 is 2. The standard InChI is InChI=1S/C9H11BrO3/c1-12-9(13-2)6-3-4-8(11)7(10)5-6/h3-5,9,11H,1-2H3. The van der Waals surface area contributed by atoms with Gasteiger partial charge < -0.3 is 14.6 Å². The zero-order valence-corrected chi connectivity index (χ0v) is 9.04. The van der Waals surface area contributed by atoms with Gasteiger partial charge in [0, 0.05) is 19.8 Å². The van der Waals surface area contributed by atoms with E-state index in [-0.39, 0.29) is 5.75 Å². The van der Waals surface area contributed by atoms with E-state index in [1.165, 1.54) is 0 Å². The van der Waals surface area contributed by atoms with Gasteiger partial charge in [0.1, 0.15) is 5.75 Å². The highest BCUT2D eigenvalue weighted by atomic mass is 79.9. The second-order valence-corrected chi connectivity index (χ2v) is 3.37. The van der Waals surface area contributed by atoms with Crippen molar-refractivity contribution in [2.24, 2.45) is 0 Å². The third kappa shape index (κ3) is 2.43. The minimum atomic E-state index is -0.392. The van der Waals surface area contributed by atoms with E-state index in [9.17, 15) is 5.11 Å². The Morgan fingerprint density at radius 3 is 2.38 bits per heavy atom. The molecule has 0 saturated heterocycles. The number of benzene rings is 1. The lowest BCUT2D eigenvalue weighted by Gasteiger charge is -2.13.